The third kappa shape index (κ3) is 3.22. The summed E-state index contributed by atoms with van der Waals surface area (Å²) >= 11 is 0. The van der Waals surface area contributed by atoms with E-state index in [9.17, 15) is 0 Å². The molecule has 0 bridgehead atoms. The van der Waals surface area contributed by atoms with Gasteiger partial charge in [0.15, 0.2) is 0 Å². The lowest BCUT2D eigenvalue weighted by Gasteiger charge is -2.44. The summed E-state index contributed by atoms with van der Waals surface area (Å²) < 4.78 is 2.30. The number of nitrogens with zero attached hydrogens (tertiary/aromatic N) is 4. The highest BCUT2D eigenvalue weighted by Crippen LogP contribution is 2.62. The predicted molar refractivity (Wildman–Crippen MR) is 149 cm³/mol. The summed E-state index contributed by atoms with van der Waals surface area (Å²) in [4.78, 5) is 15.3. The molecule has 0 unspecified atom stereocenters. The van der Waals surface area contributed by atoms with Gasteiger partial charge in [-0.15, -0.1) is 0 Å². The van der Waals surface area contributed by atoms with Crippen molar-refractivity contribution in [3.05, 3.63) is 47.0 Å². The van der Waals surface area contributed by atoms with Crippen LogP contribution >= 0.6 is 0 Å². The molecule has 5 rings (SSSR count). The van der Waals surface area contributed by atoms with Crippen LogP contribution in [0.3, 0.4) is 0 Å². The van der Waals surface area contributed by atoms with E-state index in [0.717, 1.165) is 39.1 Å². The number of hydrogen-bond acceptors (Lipinski definition) is 3. The first-order valence-corrected chi connectivity index (χ1v) is 12.6. The third-order valence-electron chi connectivity index (χ3n) is 9.27. The van der Waals surface area contributed by atoms with E-state index >= 15 is 0 Å². The Labute approximate surface area is 212 Å². The normalized spacial score (nSPS) is 18.7. The van der Waals surface area contributed by atoms with Crippen molar-refractivity contribution in [2.45, 2.75) is 105 Å². The minimum atomic E-state index is -0.141. The second kappa shape index (κ2) is 7.08. The quantitative estimate of drug-likeness (QED) is 0.256. The van der Waals surface area contributed by atoms with Gasteiger partial charge in [0.1, 0.15) is 11.5 Å². The largest absolute Gasteiger partial charge is 0.279 e. The third-order valence-corrected chi connectivity index (χ3v) is 9.27. The van der Waals surface area contributed by atoms with E-state index in [4.69, 9.17) is 15.0 Å². The van der Waals surface area contributed by atoms with Gasteiger partial charge in [0, 0.05) is 31.1 Å². The zero-order valence-electron chi connectivity index (χ0n) is 23.7. The van der Waals surface area contributed by atoms with Crippen molar-refractivity contribution >= 4 is 36.0 Å². The maximum absolute atomic E-state index is 5.24. The fraction of sp³-hybridized carbons (Fsp3) is 0.567. The number of imidazole rings is 1. The van der Waals surface area contributed by atoms with Crippen LogP contribution in [0.15, 0.2) is 24.4 Å². The molecule has 0 fully saturated rings. The first kappa shape index (κ1) is 25.7. The summed E-state index contributed by atoms with van der Waals surface area (Å²) in [5, 5.41) is 1.01. The lowest BCUT2D eigenvalue weighted by Crippen LogP contribution is -2.42. The van der Waals surface area contributed by atoms with Gasteiger partial charge in [-0.3, -0.25) is 9.38 Å². The summed E-state index contributed by atoms with van der Waals surface area (Å²) in [6, 6.07) is 6.91. The number of benzene rings is 1. The van der Waals surface area contributed by atoms with Gasteiger partial charge in [0.25, 0.3) is 0 Å². The molecular weight excluding hydrogens is 427 g/mol. The van der Waals surface area contributed by atoms with Crippen LogP contribution in [0.25, 0.3) is 27.6 Å². The van der Waals surface area contributed by atoms with Crippen LogP contribution in [-0.4, -0.2) is 27.8 Å². The Morgan fingerprint density at radius 1 is 0.714 bits per heavy atom. The highest BCUT2D eigenvalue weighted by atomic mass is 15.1. The molecule has 4 aromatic rings. The Hall–Kier alpha value is -2.43. The van der Waals surface area contributed by atoms with Gasteiger partial charge in [-0.05, 0) is 45.6 Å². The van der Waals surface area contributed by atoms with Crippen LogP contribution in [0, 0.1) is 5.41 Å². The fourth-order valence-corrected chi connectivity index (χ4v) is 5.79. The number of pyridine rings is 1. The molecule has 1 aromatic carbocycles. The van der Waals surface area contributed by atoms with Gasteiger partial charge >= 0.3 is 0 Å². The summed E-state index contributed by atoms with van der Waals surface area (Å²) in [6.07, 6.45) is 1.97. The van der Waals surface area contributed by atoms with Crippen LogP contribution < -0.4 is 0 Å². The molecule has 0 aliphatic heterocycles. The van der Waals surface area contributed by atoms with Gasteiger partial charge in [0.05, 0.1) is 21.9 Å². The van der Waals surface area contributed by atoms with Crippen LogP contribution in [0.2, 0.25) is 0 Å². The maximum Gasteiger partial charge on any atom is 0.150 e. The van der Waals surface area contributed by atoms with E-state index < -0.39 is 0 Å². The Morgan fingerprint density at radius 3 is 1.83 bits per heavy atom. The average molecular weight is 467 g/mol. The van der Waals surface area contributed by atoms with E-state index in [1.807, 2.05) is 6.20 Å². The molecule has 0 atom stereocenters. The molecule has 0 saturated carbocycles. The van der Waals surface area contributed by atoms with E-state index in [0.29, 0.717) is 0 Å². The Balaban J connectivity index is 0.00000289. The molecule has 1 aliphatic carbocycles. The average Bonchev–Trinajstić information content (AvgIpc) is 3.12. The summed E-state index contributed by atoms with van der Waals surface area (Å²) in [5.74, 6) is 1.04. The van der Waals surface area contributed by atoms with Gasteiger partial charge in [-0.1, -0.05) is 83.1 Å². The molecule has 35 heavy (non-hydrogen) atoms. The van der Waals surface area contributed by atoms with Crippen molar-refractivity contribution in [1.29, 1.82) is 0 Å². The Kier molecular flexibility index (Phi) is 5.19. The predicted octanol–water partition coefficient (Wildman–Crippen LogP) is 7.24. The lowest BCUT2D eigenvalue weighted by molar-refractivity contribution is 0.125. The molecule has 0 saturated heterocycles. The molecule has 0 spiro atoms. The molecular formula is C30H40BN4. The molecule has 5 heteroatoms. The van der Waals surface area contributed by atoms with Gasteiger partial charge in [-0.25, -0.2) is 9.97 Å². The summed E-state index contributed by atoms with van der Waals surface area (Å²) in [7, 11) is 0. The van der Waals surface area contributed by atoms with Crippen molar-refractivity contribution in [3.8, 4) is 0 Å². The number of fused-ring (bicyclic) bond motifs is 6. The fourth-order valence-electron chi connectivity index (χ4n) is 5.79. The number of hydrogen-bond donors (Lipinski definition) is 0. The van der Waals surface area contributed by atoms with E-state index in [-0.39, 0.29) is 35.5 Å². The van der Waals surface area contributed by atoms with Crippen LogP contribution in [-0.2, 0) is 21.7 Å². The molecule has 0 N–H and O–H groups in total. The minimum absolute atomic E-state index is 0. The Bertz CT molecular complexity index is 1490. The first-order chi connectivity index (χ1) is 15.4. The lowest BCUT2D eigenvalue weighted by atomic mass is 9.59. The van der Waals surface area contributed by atoms with E-state index in [1.165, 1.54) is 11.1 Å². The summed E-state index contributed by atoms with van der Waals surface area (Å²) in [6.45, 7) is 27.7. The standard InChI is InChI=1S/C30H40N4.B/c1-26(2,3)23-15-20-17(16-31-23)24-32-21-13-18-19(29(9,10)30(11,12)28(18,7)8)14-22(21)34(24)25(33-20)27(4,5)6;/h13-16H,1-12H3;. The van der Waals surface area contributed by atoms with Crippen molar-refractivity contribution in [3.63, 3.8) is 0 Å². The molecule has 3 radical (unpaired) electrons. The SMILES string of the molecule is CC(C)(C)c1cc2nc(C(C)(C)C)n3c4cc5c(cc4nc3c2cn1)C(C)(C)C(C)(C)C5(C)C.[B]. The van der Waals surface area contributed by atoms with Crippen molar-refractivity contribution in [2.75, 3.05) is 0 Å². The smallest absolute Gasteiger partial charge is 0.150 e. The van der Waals surface area contributed by atoms with Crippen LogP contribution in [0.1, 0.15) is 106 Å². The maximum atomic E-state index is 5.24. The molecule has 3 heterocycles. The molecule has 4 nitrogen and oxygen atoms in total. The number of aromatic nitrogens is 4. The van der Waals surface area contributed by atoms with E-state index in [1.54, 1.807) is 0 Å². The zero-order chi connectivity index (χ0) is 25.2. The topological polar surface area (TPSA) is 43.1 Å². The summed E-state index contributed by atoms with van der Waals surface area (Å²) in [5.41, 5.74) is 8.05. The van der Waals surface area contributed by atoms with Crippen molar-refractivity contribution < 1.29 is 0 Å². The monoisotopic (exact) mass is 467 g/mol. The molecule has 3 aromatic heterocycles. The second-order valence-electron chi connectivity index (χ2n) is 14.1. The molecule has 0 amide bonds. The van der Waals surface area contributed by atoms with Gasteiger partial charge in [0.2, 0.25) is 0 Å². The highest BCUT2D eigenvalue weighted by Gasteiger charge is 2.57. The van der Waals surface area contributed by atoms with Crippen LogP contribution in [0.4, 0.5) is 0 Å². The van der Waals surface area contributed by atoms with Crippen molar-refractivity contribution in [2.24, 2.45) is 5.41 Å². The van der Waals surface area contributed by atoms with Crippen LogP contribution in [0.5, 0.6) is 0 Å². The zero-order valence-corrected chi connectivity index (χ0v) is 23.7. The molecule has 1 aliphatic rings. The number of rotatable bonds is 0. The van der Waals surface area contributed by atoms with Gasteiger partial charge in [-0.2, -0.15) is 0 Å². The van der Waals surface area contributed by atoms with E-state index in [2.05, 4.69) is 106 Å². The molecule has 183 valence electrons. The van der Waals surface area contributed by atoms with Crippen molar-refractivity contribution in [1.82, 2.24) is 19.4 Å². The van der Waals surface area contributed by atoms with Gasteiger partial charge < -0.3 is 0 Å². The Morgan fingerprint density at radius 2 is 1.29 bits per heavy atom. The highest BCUT2D eigenvalue weighted by molar-refractivity contribution is 5.97. The second-order valence-corrected chi connectivity index (χ2v) is 14.1. The minimum Gasteiger partial charge on any atom is -0.279 e. The first-order valence-electron chi connectivity index (χ1n) is 12.6.